The van der Waals surface area contributed by atoms with E-state index in [4.69, 9.17) is 28.4 Å². The van der Waals surface area contributed by atoms with E-state index in [0.717, 1.165) is 84.0 Å². The summed E-state index contributed by atoms with van der Waals surface area (Å²) >= 11 is 0. The van der Waals surface area contributed by atoms with Gasteiger partial charge in [-0.1, -0.05) is 176 Å². The summed E-state index contributed by atoms with van der Waals surface area (Å²) in [4.78, 5) is 52.2. The zero-order valence-electron chi connectivity index (χ0n) is 44.8. The van der Waals surface area contributed by atoms with Gasteiger partial charge in [0.25, 0.3) is 0 Å². The molecule has 0 amide bonds. The van der Waals surface area contributed by atoms with Crippen LogP contribution in [0, 0.1) is 11.8 Å². The summed E-state index contributed by atoms with van der Waals surface area (Å²) in [5.74, 6) is -0.799. The van der Waals surface area contributed by atoms with E-state index in [1.165, 1.54) is 116 Å². The van der Waals surface area contributed by atoms with Gasteiger partial charge >= 0.3 is 24.1 Å². The maximum Gasteiger partial charge on any atom is 0.508 e. The second kappa shape index (κ2) is 48.6. The minimum atomic E-state index is -0.789. The number of carbonyl (C=O) groups is 4. The van der Waals surface area contributed by atoms with E-state index < -0.39 is 12.1 Å². The van der Waals surface area contributed by atoms with Gasteiger partial charge in [-0.2, -0.15) is 0 Å². The lowest BCUT2D eigenvalue weighted by atomic mass is 10.1. The fraction of sp³-hybridized carbons (Fsp3) is 0.929. The standard InChI is InChI=1S/C47H87NO10.C9H20/c1-6-10-12-14-16-18-22-27-40(5)58-46(51)29-24-20-17-19-23-28-44(49)55-37-41(39-57-47(52)54-36-26-34-48(8-3)9-4)38-56-45(50)33-32-43(42-30-31-42)53-35-25-21-15-13-11-7-2;1-3-5-7-9-8-6-4-2/h40-43H,6-39H2,1-5H3;3-9H2,1-2H3. The Labute approximate surface area is 412 Å². The predicted octanol–water partition coefficient (Wildman–Crippen LogP) is 15.1. The molecule has 1 aliphatic carbocycles. The van der Waals surface area contributed by atoms with Gasteiger partial charge in [-0.25, -0.2) is 4.79 Å². The van der Waals surface area contributed by atoms with Gasteiger partial charge in [-0.3, -0.25) is 14.4 Å². The van der Waals surface area contributed by atoms with Crippen LogP contribution in [0.5, 0.6) is 0 Å². The number of ether oxygens (including phenoxy) is 6. The molecule has 1 fully saturated rings. The topological polar surface area (TPSA) is 127 Å². The number of hydrogen-bond donors (Lipinski definition) is 0. The molecule has 0 N–H and O–H groups in total. The van der Waals surface area contributed by atoms with E-state index in [1.807, 2.05) is 6.92 Å². The number of hydrogen-bond acceptors (Lipinski definition) is 11. The Bertz CT molecular complexity index is 1120. The van der Waals surface area contributed by atoms with Gasteiger partial charge in [0.1, 0.15) is 19.8 Å². The van der Waals surface area contributed by atoms with Gasteiger partial charge in [0.15, 0.2) is 0 Å². The van der Waals surface area contributed by atoms with Crippen molar-refractivity contribution in [2.24, 2.45) is 11.8 Å². The molecule has 0 saturated heterocycles. The number of unbranched alkanes of at least 4 members (excludes halogenated alkanes) is 21. The lowest BCUT2D eigenvalue weighted by Crippen LogP contribution is -2.27. The first kappa shape index (κ1) is 64.6. The summed E-state index contributed by atoms with van der Waals surface area (Å²) in [6.45, 7) is 18.7. The molecule has 67 heavy (non-hydrogen) atoms. The average molecular weight is 954 g/mol. The SMILES string of the molecule is CCCCCCCCC.CCCCCCCCCC(C)OC(=O)CCCCCCCC(=O)OCC(COC(=O)CCC(OCCCCCCCC)C1CC1)COC(=O)OCCCN(CC)CC. The fourth-order valence-electron chi connectivity index (χ4n) is 8.05. The normalized spacial score (nSPS) is 13.6. The maximum atomic E-state index is 12.8. The van der Waals surface area contributed by atoms with E-state index in [2.05, 4.69) is 46.4 Å². The van der Waals surface area contributed by atoms with Gasteiger partial charge in [-0.15, -0.1) is 0 Å². The number of carbonyl (C=O) groups excluding carboxylic acids is 4. The molecule has 1 aliphatic rings. The van der Waals surface area contributed by atoms with E-state index in [0.29, 0.717) is 31.6 Å². The van der Waals surface area contributed by atoms with Crippen molar-refractivity contribution in [2.75, 3.05) is 52.7 Å². The number of rotatable bonds is 47. The van der Waals surface area contributed by atoms with E-state index in [1.54, 1.807) is 0 Å². The summed E-state index contributed by atoms with van der Waals surface area (Å²) in [6, 6.07) is 0. The number of nitrogens with zero attached hydrogens (tertiary/aromatic N) is 1. The van der Waals surface area contributed by atoms with Crippen molar-refractivity contribution in [2.45, 2.75) is 273 Å². The molecular formula is C56H107NO10. The molecule has 0 heterocycles. The van der Waals surface area contributed by atoms with E-state index in [-0.39, 0.29) is 69.4 Å². The highest BCUT2D eigenvalue weighted by molar-refractivity contribution is 5.70. The minimum Gasteiger partial charge on any atom is -0.465 e. The van der Waals surface area contributed by atoms with Crippen molar-refractivity contribution >= 4 is 24.1 Å². The Morgan fingerprint density at radius 3 is 1.42 bits per heavy atom. The van der Waals surface area contributed by atoms with Crippen molar-refractivity contribution in [3.05, 3.63) is 0 Å². The summed E-state index contributed by atoms with van der Waals surface area (Å²) in [6.07, 6.45) is 34.9. The van der Waals surface area contributed by atoms with Gasteiger partial charge < -0.3 is 33.3 Å². The number of esters is 3. The first-order valence-electron chi connectivity index (χ1n) is 28.3. The van der Waals surface area contributed by atoms with Crippen molar-refractivity contribution in [1.29, 1.82) is 0 Å². The Kier molecular flexibility index (Phi) is 46.9. The van der Waals surface area contributed by atoms with Crippen LogP contribution in [-0.2, 0) is 42.8 Å². The monoisotopic (exact) mass is 954 g/mol. The lowest BCUT2D eigenvalue weighted by Gasteiger charge is -2.19. The molecule has 0 aromatic carbocycles. The average Bonchev–Trinajstić information content (AvgIpc) is 4.17. The molecule has 0 aromatic heterocycles. The third-order valence-electron chi connectivity index (χ3n) is 12.8. The van der Waals surface area contributed by atoms with Crippen LogP contribution in [0.3, 0.4) is 0 Å². The van der Waals surface area contributed by atoms with Crippen molar-refractivity contribution < 1.29 is 47.6 Å². The highest BCUT2D eigenvalue weighted by Crippen LogP contribution is 2.36. The van der Waals surface area contributed by atoms with Crippen LogP contribution < -0.4 is 0 Å². The third-order valence-corrected chi connectivity index (χ3v) is 12.8. The highest BCUT2D eigenvalue weighted by atomic mass is 16.7. The smallest absolute Gasteiger partial charge is 0.465 e. The summed E-state index contributed by atoms with van der Waals surface area (Å²) in [5, 5.41) is 0. The first-order chi connectivity index (χ1) is 32.6. The van der Waals surface area contributed by atoms with Crippen molar-refractivity contribution in [1.82, 2.24) is 4.90 Å². The molecule has 11 heteroatoms. The molecule has 396 valence electrons. The van der Waals surface area contributed by atoms with Crippen molar-refractivity contribution in [3.63, 3.8) is 0 Å². The summed E-state index contributed by atoms with van der Waals surface area (Å²) < 4.78 is 33.5. The maximum absolute atomic E-state index is 12.8. The molecule has 1 rings (SSSR count). The van der Waals surface area contributed by atoms with Crippen LogP contribution in [0.15, 0.2) is 0 Å². The zero-order chi connectivity index (χ0) is 49.4. The van der Waals surface area contributed by atoms with Gasteiger partial charge in [0, 0.05) is 32.4 Å². The second-order valence-corrected chi connectivity index (χ2v) is 19.3. The van der Waals surface area contributed by atoms with E-state index >= 15 is 0 Å². The van der Waals surface area contributed by atoms with Gasteiger partial charge in [-0.05, 0) is 83.7 Å². The lowest BCUT2D eigenvalue weighted by molar-refractivity contribution is -0.151. The van der Waals surface area contributed by atoms with Crippen LogP contribution >= 0.6 is 0 Å². The van der Waals surface area contributed by atoms with Crippen LogP contribution in [0.1, 0.15) is 260 Å². The molecule has 0 aliphatic heterocycles. The van der Waals surface area contributed by atoms with Crippen LogP contribution in [-0.4, -0.2) is 93.8 Å². The third kappa shape index (κ3) is 44.6. The Balaban J connectivity index is 0.00000434. The second-order valence-electron chi connectivity index (χ2n) is 19.3. The molecule has 0 bridgehead atoms. The minimum absolute atomic E-state index is 0.0296. The zero-order valence-corrected chi connectivity index (χ0v) is 44.8. The summed E-state index contributed by atoms with van der Waals surface area (Å²) in [7, 11) is 0. The molecule has 0 aromatic rings. The van der Waals surface area contributed by atoms with Crippen LogP contribution in [0.2, 0.25) is 0 Å². The largest absolute Gasteiger partial charge is 0.508 e. The summed E-state index contributed by atoms with van der Waals surface area (Å²) in [5.41, 5.74) is 0. The Hall–Kier alpha value is -2.40. The molecule has 0 radical (unpaired) electrons. The Morgan fingerprint density at radius 1 is 0.463 bits per heavy atom. The fourth-order valence-corrected chi connectivity index (χ4v) is 8.05. The predicted molar refractivity (Wildman–Crippen MR) is 274 cm³/mol. The van der Waals surface area contributed by atoms with Gasteiger partial charge in [0.2, 0.25) is 0 Å². The first-order valence-corrected chi connectivity index (χ1v) is 28.3. The Morgan fingerprint density at radius 2 is 0.910 bits per heavy atom. The molecule has 3 unspecified atom stereocenters. The van der Waals surface area contributed by atoms with Crippen molar-refractivity contribution in [3.8, 4) is 0 Å². The van der Waals surface area contributed by atoms with Gasteiger partial charge in [0.05, 0.1) is 24.7 Å². The van der Waals surface area contributed by atoms with E-state index in [9.17, 15) is 19.2 Å². The highest BCUT2D eigenvalue weighted by Gasteiger charge is 2.32. The molecule has 0 spiro atoms. The molecule has 11 nitrogen and oxygen atoms in total. The molecule has 3 atom stereocenters. The molecule has 1 saturated carbocycles. The molecular weight excluding hydrogens is 847 g/mol. The van der Waals surface area contributed by atoms with Crippen LogP contribution in [0.4, 0.5) is 4.79 Å². The van der Waals surface area contributed by atoms with Crippen LogP contribution in [0.25, 0.3) is 0 Å². The quantitative estimate of drug-likeness (QED) is 0.0329.